The highest BCUT2D eigenvalue weighted by Crippen LogP contribution is 2.33. The topological polar surface area (TPSA) is 117 Å². The van der Waals surface area contributed by atoms with Gasteiger partial charge in [-0.05, 0) is 55.3 Å². The lowest BCUT2D eigenvalue weighted by Gasteiger charge is -2.20. The molecule has 1 atom stereocenters. The Labute approximate surface area is 209 Å². The summed E-state index contributed by atoms with van der Waals surface area (Å²) in [5.41, 5.74) is 5.04. The number of aromatic carboxylic acids is 1. The lowest BCUT2D eigenvalue weighted by Crippen LogP contribution is -2.11. The highest BCUT2D eigenvalue weighted by Gasteiger charge is 2.18. The van der Waals surface area contributed by atoms with Crippen molar-refractivity contribution in [3.63, 3.8) is 0 Å². The Bertz CT molecular complexity index is 1440. The second kappa shape index (κ2) is 10.8. The van der Waals surface area contributed by atoms with Crippen LogP contribution in [0.25, 0.3) is 22.0 Å². The average Bonchev–Trinajstić information content (AvgIpc) is 2.88. The van der Waals surface area contributed by atoms with Crippen LogP contribution in [0.15, 0.2) is 60.8 Å². The van der Waals surface area contributed by atoms with Gasteiger partial charge in [0, 0.05) is 47.6 Å². The first-order chi connectivity index (χ1) is 17.4. The van der Waals surface area contributed by atoms with E-state index in [1.54, 1.807) is 43.6 Å². The maximum atomic E-state index is 11.7. The molecule has 0 aliphatic heterocycles. The van der Waals surface area contributed by atoms with Crippen LogP contribution in [0.3, 0.4) is 0 Å². The number of hydrogen-bond donors (Lipinski definition) is 2. The lowest BCUT2D eigenvalue weighted by atomic mass is 9.95. The van der Waals surface area contributed by atoms with Gasteiger partial charge in [-0.15, -0.1) is 0 Å². The van der Waals surface area contributed by atoms with Gasteiger partial charge in [0.1, 0.15) is 18.4 Å². The van der Waals surface area contributed by atoms with E-state index < -0.39 is 5.97 Å². The van der Waals surface area contributed by atoms with Crippen molar-refractivity contribution in [1.82, 2.24) is 9.97 Å². The van der Waals surface area contributed by atoms with Crippen LogP contribution in [0.2, 0.25) is 0 Å². The summed E-state index contributed by atoms with van der Waals surface area (Å²) in [5, 5.41) is 23.6. The number of pyridine rings is 2. The number of fused-ring (bicyclic) bond motifs is 1. The third-order valence-electron chi connectivity index (χ3n) is 5.80. The zero-order chi connectivity index (χ0) is 25.7. The third-order valence-corrected chi connectivity index (χ3v) is 5.80. The number of benzene rings is 2. The van der Waals surface area contributed by atoms with Crippen molar-refractivity contribution in [1.29, 1.82) is 5.26 Å². The maximum absolute atomic E-state index is 11.7. The minimum Gasteiger partial charge on any atom is -0.478 e. The number of aromatic nitrogens is 2. The number of carboxylic acid groups (broad SMARTS) is 1. The Hall–Kier alpha value is -4.48. The molecule has 0 fully saturated rings. The summed E-state index contributed by atoms with van der Waals surface area (Å²) in [5.74, 6) is -0.529. The minimum atomic E-state index is -0.996. The van der Waals surface area contributed by atoms with Crippen LogP contribution in [0.5, 0.6) is 5.88 Å². The first-order valence-corrected chi connectivity index (χ1v) is 11.4. The van der Waals surface area contributed by atoms with Gasteiger partial charge in [0.2, 0.25) is 5.88 Å². The number of rotatable bonds is 9. The number of hydrogen-bond acceptors (Lipinski definition) is 7. The van der Waals surface area contributed by atoms with Crippen LogP contribution >= 0.6 is 0 Å². The molecule has 0 aliphatic rings. The number of para-hydroxylation sites is 1. The van der Waals surface area contributed by atoms with Crippen molar-refractivity contribution in [2.75, 3.05) is 25.6 Å². The molecule has 0 bridgehead atoms. The van der Waals surface area contributed by atoms with Gasteiger partial charge < -0.3 is 19.9 Å². The van der Waals surface area contributed by atoms with E-state index in [1.165, 1.54) is 0 Å². The molecular weight excluding hydrogens is 456 g/mol. The summed E-state index contributed by atoms with van der Waals surface area (Å²) in [7, 11) is 1.60. The van der Waals surface area contributed by atoms with Crippen LogP contribution in [0.1, 0.15) is 40.1 Å². The van der Waals surface area contributed by atoms with Crippen molar-refractivity contribution < 1.29 is 19.4 Å². The first-order valence-electron chi connectivity index (χ1n) is 11.4. The molecule has 8 nitrogen and oxygen atoms in total. The van der Waals surface area contributed by atoms with Crippen molar-refractivity contribution in [3.8, 4) is 23.1 Å². The number of aryl methyl sites for hydroxylation is 1. The zero-order valence-corrected chi connectivity index (χ0v) is 20.3. The van der Waals surface area contributed by atoms with E-state index in [0.717, 1.165) is 22.1 Å². The van der Waals surface area contributed by atoms with E-state index in [1.807, 2.05) is 38.1 Å². The van der Waals surface area contributed by atoms with Gasteiger partial charge in [-0.3, -0.25) is 0 Å². The highest BCUT2D eigenvalue weighted by atomic mass is 16.5. The zero-order valence-electron chi connectivity index (χ0n) is 20.3. The SMILES string of the molecule is COCCOc1ccc(-c2cc3c(C(C)Nc4ccccc4C(=O)O)cc(C)cc3nc2C#N)cn1. The van der Waals surface area contributed by atoms with Gasteiger partial charge in [0.05, 0.1) is 17.7 Å². The number of ether oxygens (including phenoxy) is 2. The molecule has 2 aromatic heterocycles. The number of nitrogens with one attached hydrogen (secondary N) is 1. The standard InChI is InChI=1S/C28H26N4O4/c1-17-12-21(18(2)31-24-7-5-4-6-20(24)28(33)34)23-14-22(26(15-29)32-25(23)13-17)19-8-9-27(30-16-19)36-11-10-35-3/h4-9,12-14,16,18,31H,10-11H2,1-3H3,(H,33,34). The summed E-state index contributed by atoms with van der Waals surface area (Å²) in [6, 6.07) is 18.3. The molecule has 0 radical (unpaired) electrons. The molecule has 0 saturated carbocycles. The van der Waals surface area contributed by atoms with E-state index in [4.69, 9.17) is 9.47 Å². The Morgan fingerprint density at radius 3 is 2.67 bits per heavy atom. The molecule has 2 aromatic carbocycles. The van der Waals surface area contributed by atoms with Crippen LogP contribution < -0.4 is 10.1 Å². The third kappa shape index (κ3) is 5.27. The van der Waals surface area contributed by atoms with Crippen LogP contribution in [0, 0.1) is 18.3 Å². The van der Waals surface area contributed by atoms with E-state index >= 15 is 0 Å². The van der Waals surface area contributed by atoms with Crippen molar-refractivity contribution in [3.05, 3.63) is 83.2 Å². The van der Waals surface area contributed by atoms with Gasteiger partial charge >= 0.3 is 5.97 Å². The van der Waals surface area contributed by atoms with E-state index in [9.17, 15) is 15.2 Å². The van der Waals surface area contributed by atoms with Gasteiger partial charge in [-0.1, -0.05) is 18.2 Å². The Morgan fingerprint density at radius 2 is 1.97 bits per heavy atom. The molecule has 0 spiro atoms. The summed E-state index contributed by atoms with van der Waals surface area (Å²) >= 11 is 0. The van der Waals surface area contributed by atoms with Crippen molar-refractivity contribution in [2.45, 2.75) is 19.9 Å². The number of methoxy groups -OCH3 is 1. The normalized spacial score (nSPS) is 11.6. The summed E-state index contributed by atoms with van der Waals surface area (Å²) in [6.07, 6.45) is 1.66. The molecular formula is C28H26N4O4. The molecule has 1 unspecified atom stereocenters. The largest absolute Gasteiger partial charge is 0.478 e. The fourth-order valence-electron chi connectivity index (χ4n) is 4.07. The predicted molar refractivity (Wildman–Crippen MR) is 137 cm³/mol. The molecule has 4 aromatic rings. The molecule has 36 heavy (non-hydrogen) atoms. The Morgan fingerprint density at radius 1 is 1.17 bits per heavy atom. The summed E-state index contributed by atoms with van der Waals surface area (Å²) in [6.45, 7) is 4.79. The van der Waals surface area contributed by atoms with Crippen molar-refractivity contribution in [2.24, 2.45) is 0 Å². The fraction of sp³-hybridized carbons (Fsp3) is 0.214. The molecule has 182 valence electrons. The van der Waals surface area contributed by atoms with E-state index in [2.05, 4.69) is 21.4 Å². The second-order valence-electron chi connectivity index (χ2n) is 8.36. The van der Waals surface area contributed by atoms with Gasteiger partial charge in [-0.25, -0.2) is 14.8 Å². The first kappa shape index (κ1) is 24.6. The van der Waals surface area contributed by atoms with Crippen LogP contribution in [0.4, 0.5) is 5.69 Å². The van der Waals surface area contributed by atoms with Gasteiger partial charge in [0.25, 0.3) is 0 Å². The average molecular weight is 483 g/mol. The van der Waals surface area contributed by atoms with Gasteiger partial charge in [0.15, 0.2) is 0 Å². The Balaban J connectivity index is 1.75. The molecule has 2 N–H and O–H groups in total. The van der Waals surface area contributed by atoms with Crippen LogP contribution in [-0.2, 0) is 4.74 Å². The second-order valence-corrected chi connectivity index (χ2v) is 8.36. The number of anilines is 1. The molecule has 0 aliphatic carbocycles. The number of carbonyl (C=O) groups is 1. The number of nitrogens with zero attached hydrogens (tertiary/aromatic N) is 3. The minimum absolute atomic E-state index is 0.200. The van der Waals surface area contributed by atoms with Crippen molar-refractivity contribution >= 4 is 22.6 Å². The Kier molecular flexibility index (Phi) is 7.42. The van der Waals surface area contributed by atoms with Crippen LogP contribution in [-0.4, -0.2) is 41.4 Å². The summed E-state index contributed by atoms with van der Waals surface area (Å²) < 4.78 is 10.5. The van der Waals surface area contributed by atoms with E-state index in [0.29, 0.717) is 41.6 Å². The molecule has 4 rings (SSSR count). The smallest absolute Gasteiger partial charge is 0.337 e. The number of carboxylic acids is 1. The predicted octanol–water partition coefficient (Wildman–Crippen LogP) is 5.37. The number of nitriles is 1. The maximum Gasteiger partial charge on any atom is 0.337 e. The molecule has 0 amide bonds. The highest BCUT2D eigenvalue weighted by molar-refractivity contribution is 5.94. The van der Waals surface area contributed by atoms with Gasteiger partial charge in [-0.2, -0.15) is 5.26 Å². The lowest BCUT2D eigenvalue weighted by molar-refractivity contribution is 0.0698. The molecule has 2 heterocycles. The molecule has 8 heteroatoms. The quantitative estimate of drug-likeness (QED) is 0.306. The van der Waals surface area contributed by atoms with E-state index in [-0.39, 0.29) is 11.6 Å². The fourth-order valence-corrected chi connectivity index (χ4v) is 4.07. The monoisotopic (exact) mass is 482 g/mol. The molecule has 0 saturated heterocycles. The summed E-state index contributed by atoms with van der Waals surface area (Å²) in [4.78, 5) is 20.7.